The van der Waals surface area contributed by atoms with Gasteiger partial charge in [0, 0.05) is 17.3 Å². The molecule has 2 rings (SSSR count). The summed E-state index contributed by atoms with van der Waals surface area (Å²) in [5.74, 6) is -0.865. The van der Waals surface area contributed by atoms with Crippen LogP contribution in [0.3, 0.4) is 0 Å². The molecule has 1 N–H and O–H groups in total. The predicted octanol–water partition coefficient (Wildman–Crippen LogP) is 1.90. The molecule has 1 aromatic carbocycles. The summed E-state index contributed by atoms with van der Waals surface area (Å²) in [6.07, 6.45) is 1.42. The fourth-order valence-corrected chi connectivity index (χ4v) is 1.69. The number of carbonyl (C=O) groups excluding carboxylic acids is 2. The Morgan fingerprint density at radius 3 is 2.74 bits per heavy atom. The van der Waals surface area contributed by atoms with Crippen molar-refractivity contribution < 1.29 is 14.3 Å². The molecule has 0 saturated carbocycles. The first kappa shape index (κ1) is 12.6. The van der Waals surface area contributed by atoms with Crippen LogP contribution >= 0.6 is 0 Å². The number of methoxy groups -OCH3 is 1. The van der Waals surface area contributed by atoms with Crippen LogP contribution in [0.5, 0.6) is 0 Å². The van der Waals surface area contributed by atoms with Crippen molar-refractivity contribution in [2.24, 2.45) is 0 Å². The molecule has 19 heavy (non-hydrogen) atoms. The Kier molecular flexibility index (Phi) is 3.44. The topological polar surface area (TPSA) is 82.9 Å². The van der Waals surface area contributed by atoms with Crippen LogP contribution in [0.4, 0.5) is 0 Å². The van der Waals surface area contributed by atoms with E-state index in [-0.39, 0.29) is 11.5 Å². The molecule has 0 spiro atoms. The molecule has 0 radical (unpaired) electrons. The maximum absolute atomic E-state index is 12.2. The lowest BCUT2D eigenvalue weighted by molar-refractivity contribution is 0.0595. The van der Waals surface area contributed by atoms with Gasteiger partial charge in [-0.2, -0.15) is 5.26 Å². The van der Waals surface area contributed by atoms with Gasteiger partial charge >= 0.3 is 5.97 Å². The van der Waals surface area contributed by atoms with Crippen LogP contribution in [0.25, 0.3) is 0 Å². The molecule has 0 saturated heterocycles. The van der Waals surface area contributed by atoms with Gasteiger partial charge in [-0.1, -0.05) is 12.1 Å². The lowest BCUT2D eigenvalue weighted by Crippen LogP contribution is -2.03. The van der Waals surface area contributed by atoms with Crippen molar-refractivity contribution in [3.63, 3.8) is 0 Å². The zero-order valence-electron chi connectivity index (χ0n) is 10.1. The molecule has 5 nitrogen and oxygen atoms in total. The average molecular weight is 254 g/mol. The van der Waals surface area contributed by atoms with Crippen LogP contribution in [0.15, 0.2) is 36.5 Å². The zero-order valence-corrected chi connectivity index (χ0v) is 10.1. The average Bonchev–Trinajstić information content (AvgIpc) is 2.95. The van der Waals surface area contributed by atoms with E-state index < -0.39 is 5.97 Å². The van der Waals surface area contributed by atoms with Crippen LogP contribution in [0.1, 0.15) is 32.0 Å². The second-order valence-electron chi connectivity index (χ2n) is 3.78. The van der Waals surface area contributed by atoms with Gasteiger partial charge in [-0.15, -0.1) is 0 Å². The highest BCUT2D eigenvalue weighted by Crippen LogP contribution is 2.15. The third kappa shape index (κ3) is 2.38. The Bertz CT molecular complexity index is 680. The molecule has 1 aromatic heterocycles. The largest absolute Gasteiger partial charge is 0.464 e. The van der Waals surface area contributed by atoms with Gasteiger partial charge in [0.25, 0.3) is 0 Å². The number of hydrogen-bond acceptors (Lipinski definition) is 4. The molecule has 1 heterocycles. The fraction of sp³-hybridized carbons (Fsp3) is 0.0714. The maximum Gasteiger partial charge on any atom is 0.354 e. The van der Waals surface area contributed by atoms with Crippen molar-refractivity contribution in [2.45, 2.75) is 0 Å². The van der Waals surface area contributed by atoms with Gasteiger partial charge in [-0.25, -0.2) is 4.79 Å². The summed E-state index contributed by atoms with van der Waals surface area (Å²) >= 11 is 0. The SMILES string of the molecule is COC(=O)c1cc(C(=O)c2ccccc2C#N)c[nH]1. The highest BCUT2D eigenvalue weighted by molar-refractivity contribution is 6.11. The van der Waals surface area contributed by atoms with Crippen molar-refractivity contribution in [2.75, 3.05) is 7.11 Å². The first-order valence-electron chi connectivity index (χ1n) is 5.48. The number of rotatable bonds is 3. The van der Waals surface area contributed by atoms with Crippen LogP contribution in [-0.4, -0.2) is 23.8 Å². The second kappa shape index (κ2) is 5.19. The Hall–Kier alpha value is -2.87. The first-order chi connectivity index (χ1) is 9.17. The summed E-state index contributed by atoms with van der Waals surface area (Å²) in [7, 11) is 1.26. The molecule has 0 amide bonds. The summed E-state index contributed by atoms with van der Waals surface area (Å²) in [4.78, 5) is 26.2. The minimum Gasteiger partial charge on any atom is -0.464 e. The van der Waals surface area contributed by atoms with Crippen molar-refractivity contribution in [3.05, 3.63) is 58.9 Å². The van der Waals surface area contributed by atoms with E-state index in [4.69, 9.17) is 5.26 Å². The number of nitriles is 1. The molecule has 0 fully saturated rings. The van der Waals surface area contributed by atoms with Gasteiger partial charge in [0.15, 0.2) is 5.78 Å². The summed E-state index contributed by atoms with van der Waals surface area (Å²) in [5.41, 5.74) is 1.11. The van der Waals surface area contributed by atoms with Crippen LogP contribution in [0.2, 0.25) is 0 Å². The number of nitrogens with one attached hydrogen (secondary N) is 1. The summed E-state index contributed by atoms with van der Waals surface area (Å²) in [5, 5.41) is 8.96. The number of aromatic nitrogens is 1. The van der Waals surface area contributed by atoms with Crippen LogP contribution in [-0.2, 0) is 4.74 Å². The minimum absolute atomic E-state index is 0.195. The van der Waals surface area contributed by atoms with E-state index in [1.807, 2.05) is 6.07 Å². The Morgan fingerprint density at radius 1 is 1.32 bits per heavy atom. The number of nitrogens with zero attached hydrogens (tertiary/aromatic N) is 1. The lowest BCUT2D eigenvalue weighted by Gasteiger charge is -2.00. The molecular formula is C14H10N2O3. The number of benzene rings is 1. The zero-order chi connectivity index (χ0) is 13.8. The number of esters is 1. The molecule has 0 aliphatic heterocycles. The molecule has 2 aromatic rings. The van der Waals surface area contributed by atoms with Gasteiger partial charge < -0.3 is 9.72 Å². The molecule has 0 bridgehead atoms. The molecular weight excluding hydrogens is 244 g/mol. The van der Waals surface area contributed by atoms with Crippen molar-refractivity contribution in [1.29, 1.82) is 5.26 Å². The van der Waals surface area contributed by atoms with E-state index in [9.17, 15) is 9.59 Å². The standard InChI is InChI=1S/C14H10N2O3/c1-19-14(18)12-6-10(8-16-12)13(17)11-5-3-2-4-9(11)7-15/h2-6,8,16H,1H3. The summed E-state index contributed by atoms with van der Waals surface area (Å²) in [6, 6.07) is 9.88. The molecule has 0 aliphatic rings. The molecule has 5 heteroatoms. The number of H-pyrrole nitrogens is 1. The molecule has 0 atom stereocenters. The summed E-state index contributed by atoms with van der Waals surface area (Å²) < 4.78 is 4.55. The maximum atomic E-state index is 12.2. The molecule has 0 aliphatic carbocycles. The van der Waals surface area contributed by atoms with Gasteiger partial charge in [0.05, 0.1) is 18.7 Å². The molecule has 0 unspecified atom stereocenters. The van der Waals surface area contributed by atoms with E-state index in [2.05, 4.69) is 9.72 Å². The van der Waals surface area contributed by atoms with E-state index in [0.717, 1.165) is 0 Å². The van der Waals surface area contributed by atoms with Gasteiger partial charge in [0.1, 0.15) is 5.69 Å². The van der Waals surface area contributed by atoms with Crippen molar-refractivity contribution >= 4 is 11.8 Å². The quantitative estimate of drug-likeness (QED) is 0.669. The smallest absolute Gasteiger partial charge is 0.354 e. The van der Waals surface area contributed by atoms with Crippen molar-refractivity contribution in [1.82, 2.24) is 4.98 Å². The highest BCUT2D eigenvalue weighted by Gasteiger charge is 2.17. The monoisotopic (exact) mass is 254 g/mol. The number of hydrogen-bond donors (Lipinski definition) is 1. The van der Waals surface area contributed by atoms with Gasteiger partial charge in [0.2, 0.25) is 0 Å². The summed E-state index contributed by atoms with van der Waals surface area (Å²) in [6.45, 7) is 0. The van der Waals surface area contributed by atoms with Gasteiger partial charge in [-0.3, -0.25) is 4.79 Å². The number of ether oxygens (including phenoxy) is 1. The van der Waals surface area contributed by atoms with E-state index in [1.165, 1.54) is 19.4 Å². The van der Waals surface area contributed by atoms with Crippen LogP contribution in [0, 0.1) is 11.3 Å². The third-order valence-electron chi connectivity index (χ3n) is 2.64. The molecule has 94 valence electrons. The van der Waals surface area contributed by atoms with Gasteiger partial charge in [-0.05, 0) is 18.2 Å². The highest BCUT2D eigenvalue weighted by atomic mass is 16.5. The normalized spacial score (nSPS) is 9.68. The Morgan fingerprint density at radius 2 is 2.05 bits per heavy atom. The van der Waals surface area contributed by atoms with E-state index >= 15 is 0 Å². The number of aromatic amines is 1. The number of ketones is 1. The third-order valence-corrected chi connectivity index (χ3v) is 2.64. The van der Waals surface area contributed by atoms with E-state index in [0.29, 0.717) is 16.7 Å². The lowest BCUT2D eigenvalue weighted by atomic mass is 10.0. The first-order valence-corrected chi connectivity index (χ1v) is 5.48. The number of carbonyl (C=O) groups is 2. The van der Waals surface area contributed by atoms with Crippen molar-refractivity contribution in [3.8, 4) is 6.07 Å². The Balaban J connectivity index is 2.37. The fourth-order valence-electron chi connectivity index (χ4n) is 1.69. The Labute approximate surface area is 109 Å². The predicted molar refractivity (Wildman–Crippen MR) is 66.7 cm³/mol. The minimum atomic E-state index is -0.549. The van der Waals surface area contributed by atoms with E-state index in [1.54, 1.807) is 24.3 Å². The van der Waals surface area contributed by atoms with Crippen LogP contribution < -0.4 is 0 Å². The second-order valence-corrected chi connectivity index (χ2v) is 3.78.